The molecule has 0 unspecified atom stereocenters. The highest BCUT2D eigenvalue weighted by atomic mass is 32.1. The number of aromatic nitrogens is 3. The first-order valence-electron chi connectivity index (χ1n) is 10.8. The standard InChI is InChI=1S/C24H20F6N4OS/c1-14-4-5-19-20(15(14)2)32-22(36-19)34(8-3-7-33-9-6-31-13-33)21(35)16-10-17(23(25,26)27)12-18(11-16)24(28,29)30/h4-6,9-13H,3,7-8H2,1-2H3. The van der Waals surface area contributed by atoms with Gasteiger partial charge in [0.1, 0.15) is 0 Å². The molecule has 0 spiro atoms. The van der Waals surface area contributed by atoms with Gasteiger partial charge in [-0.1, -0.05) is 17.4 Å². The summed E-state index contributed by atoms with van der Waals surface area (Å²) in [6.07, 6.45) is -4.92. The van der Waals surface area contributed by atoms with Crippen LogP contribution in [-0.2, 0) is 18.9 Å². The number of amides is 1. The van der Waals surface area contributed by atoms with Gasteiger partial charge in [0, 0.05) is 31.0 Å². The maximum absolute atomic E-state index is 13.5. The summed E-state index contributed by atoms with van der Waals surface area (Å²) in [6.45, 7) is 4.20. The summed E-state index contributed by atoms with van der Waals surface area (Å²) in [6, 6.07) is 4.60. The molecule has 0 bridgehead atoms. The monoisotopic (exact) mass is 526 g/mol. The van der Waals surface area contributed by atoms with Gasteiger partial charge in [0.15, 0.2) is 5.13 Å². The van der Waals surface area contributed by atoms with E-state index < -0.39 is 35.0 Å². The van der Waals surface area contributed by atoms with E-state index in [9.17, 15) is 31.1 Å². The molecular weight excluding hydrogens is 506 g/mol. The third-order valence-electron chi connectivity index (χ3n) is 5.74. The molecule has 0 radical (unpaired) electrons. The predicted molar refractivity (Wildman–Crippen MR) is 124 cm³/mol. The van der Waals surface area contributed by atoms with Crippen LogP contribution in [0.3, 0.4) is 0 Å². The summed E-state index contributed by atoms with van der Waals surface area (Å²) >= 11 is 1.15. The van der Waals surface area contributed by atoms with Gasteiger partial charge in [0.25, 0.3) is 5.91 Å². The van der Waals surface area contributed by atoms with E-state index in [1.54, 1.807) is 23.3 Å². The largest absolute Gasteiger partial charge is 0.416 e. The molecule has 2 aromatic heterocycles. The molecule has 36 heavy (non-hydrogen) atoms. The van der Waals surface area contributed by atoms with Crippen LogP contribution in [0.25, 0.3) is 10.2 Å². The van der Waals surface area contributed by atoms with Gasteiger partial charge in [-0.25, -0.2) is 9.97 Å². The molecular formula is C24H20F6N4OS. The molecule has 0 aliphatic heterocycles. The molecule has 0 atom stereocenters. The Morgan fingerprint density at radius 2 is 1.69 bits per heavy atom. The Bertz CT molecular complexity index is 1360. The van der Waals surface area contributed by atoms with Crippen LogP contribution in [0.15, 0.2) is 49.1 Å². The van der Waals surface area contributed by atoms with Gasteiger partial charge < -0.3 is 4.57 Å². The van der Waals surface area contributed by atoms with E-state index in [4.69, 9.17) is 0 Å². The fourth-order valence-electron chi connectivity index (χ4n) is 3.68. The first-order valence-corrected chi connectivity index (χ1v) is 11.6. The second-order valence-electron chi connectivity index (χ2n) is 8.26. The molecule has 2 heterocycles. The number of hydrogen-bond donors (Lipinski definition) is 0. The zero-order chi connectivity index (χ0) is 26.3. The van der Waals surface area contributed by atoms with Crippen LogP contribution in [0.5, 0.6) is 0 Å². The van der Waals surface area contributed by atoms with Crippen LogP contribution in [0, 0.1) is 13.8 Å². The number of nitrogens with zero attached hydrogens (tertiary/aromatic N) is 4. The smallest absolute Gasteiger partial charge is 0.337 e. The minimum absolute atomic E-state index is 0.00396. The normalized spacial score (nSPS) is 12.3. The van der Waals surface area contributed by atoms with Crippen LogP contribution < -0.4 is 4.90 Å². The number of carbonyl (C=O) groups excluding carboxylic acids is 1. The quantitative estimate of drug-likeness (QED) is 0.257. The van der Waals surface area contributed by atoms with E-state index in [0.29, 0.717) is 30.6 Å². The first-order chi connectivity index (χ1) is 16.8. The molecule has 12 heteroatoms. The third-order valence-corrected chi connectivity index (χ3v) is 6.78. The molecule has 0 aliphatic carbocycles. The Balaban J connectivity index is 1.77. The average molecular weight is 527 g/mol. The van der Waals surface area contributed by atoms with Gasteiger partial charge in [0.05, 0.1) is 27.7 Å². The van der Waals surface area contributed by atoms with Crippen molar-refractivity contribution in [1.29, 1.82) is 0 Å². The Morgan fingerprint density at radius 3 is 2.28 bits per heavy atom. The Hall–Kier alpha value is -3.41. The van der Waals surface area contributed by atoms with E-state index in [-0.39, 0.29) is 17.7 Å². The number of alkyl halides is 6. The maximum Gasteiger partial charge on any atom is 0.416 e. The van der Waals surface area contributed by atoms with Crippen molar-refractivity contribution in [3.8, 4) is 0 Å². The molecule has 0 fully saturated rings. The van der Waals surface area contributed by atoms with Crippen LogP contribution >= 0.6 is 11.3 Å². The highest BCUT2D eigenvalue weighted by Crippen LogP contribution is 2.38. The fourth-order valence-corrected chi connectivity index (χ4v) is 4.73. The summed E-state index contributed by atoms with van der Waals surface area (Å²) in [7, 11) is 0. The Kier molecular flexibility index (Phi) is 6.82. The van der Waals surface area contributed by atoms with Crippen molar-refractivity contribution in [2.75, 3.05) is 11.4 Å². The molecule has 4 rings (SSSR count). The van der Waals surface area contributed by atoms with E-state index in [1.807, 2.05) is 26.0 Å². The number of benzene rings is 2. The number of hydrogen-bond acceptors (Lipinski definition) is 4. The van der Waals surface area contributed by atoms with Crippen LogP contribution in [0.2, 0.25) is 0 Å². The number of rotatable bonds is 6. The van der Waals surface area contributed by atoms with Crippen molar-refractivity contribution >= 4 is 32.6 Å². The zero-order valence-corrected chi connectivity index (χ0v) is 19.9. The van der Waals surface area contributed by atoms with Gasteiger partial charge in [-0.3, -0.25) is 9.69 Å². The SMILES string of the molecule is Cc1ccc2sc(N(CCCn3ccnc3)C(=O)c3cc(C(F)(F)F)cc(C(F)(F)F)c3)nc2c1C. The number of aryl methyl sites for hydroxylation is 3. The Labute approximate surface area is 206 Å². The molecule has 2 aromatic carbocycles. The van der Waals surface area contributed by atoms with Crippen molar-refractivity contribution in [2.45, 2.75) is 39.2 Å². The highest BCUT2D eigenvalue weighted by molar-refractivity contribution is 7.22. The van der Waals surface area contributed by atoms with Crippen molar-refractivity contribution in [3.05, 3.63) is 76.9 Å². The molecule has 190 valence electrons. The third kappa shape index (κ3) is 5.38. The van der Waals surface area contributed by atoms with Crippen molar-refractivity contribution in [2.24, 2.45) is 0 Å². The molecule has 0 aliphatic rings. The van der Waals surface area contributed by atoms with E-state index >= 15 is 0 Å². The fraction of sp³-hybridized carbons (Fsp3) is 0.292. The van der Waals surface area contributed by atoms with Crippen LogP contribution in [0.4, 0.5) is 31.5 Å². The second-order valence-corrected chi connectivity index (χ2v) is 9.27. The molecule has 4 aromatic rings. The molecule has 0 saturated heterocycles. The van der Waals surface area contributed by atoms with Gasteiger partial charge >= 0.3 is 12.4 Å². The lowest BCUT2D eigenvalue weighted by atomic mass is 10.0. The van der Waals surface area contributed by atoms with E-state index in [0.717, 1.165) is 32.1 Å². The predicted octanol–water partition coefficient (Wildman–Crippen LogP) is 6.88. The van der Waals surface area contributed by atoms with Crippen molar-refractivity contribution in [3.63, 3.8) is 0 Å². The summed E-state index contributed by atoms with van der Waals surface area (Å²) in [5.41, 5.74) is -1.34. The number of fused-ring (bicyclic) bond motifs is 1. The zero-order valence-electron chi connectivity index (χ0n) is 19.1. The summed E-state index contributed by atoms with van der Waals surface area (Å²) in [5, 5.41) is 0.195. The lowest BCUT2D eigenvalue weighted by molar-refractivity contribution is -0.143. The number of imidazole rings is 1. The Morgan fingerprint density at radius 1 is 1.03 bits per heavy atom. The second kappa shape index (κ2) is 9.57. The number of thiazole rings is 1. The lowest BCUT2D eigenvalue weighted by Gasteiger charge is -2.21. The number of carbonyl (C=O) groups is 1. The molecule has 1 amide bonds. The maximum atomic E-state index is 13.5. The average Bonchev–Trinajstić information content (AvgIpc) is 3.48. The minimum atomic E-state index is -5.06. The topological polar surface area (TPSA) is 51.0 Å². The highest BCUT2D eigenvalue weighted by Gasteiger charge is 2.38. The molecule has 5 nitrogen and oxygen atoms in total. The van der Waals surface area contributed by atoms with Gasteiger partial charge in [0.2, 0.25) is 0 Å². The molecule has 0 saturated carbocycles. The summed E-state index contributed by atoms with van der Waals surface area (Å²) < 4.78 is 82.9. The van der Waals surface area contributed by atoms with Crippen LogP contribution in [0.1, 0.15) is 39.0 Å². The first kappa shape index (κ1) is 25.7. The van der Waals surface area contributed by atoms with E-state index in [2.05, 4.69) is 9.97 Å². The summed E-state index contributed by atoms with van der Waals surface area (Å²) in [5.74, 6) is -0.995. The van der Waals surface area contributed by atoms with Crippen LogP contribution in [-0.4, -0.2) is 27.0 Å². The lowest BCUT2D eigenvalue weighted by Crippen LogP contribution is -2.33. The van der Waals surface area contributed by atoms with Crippen molar-refractivity contribution < 1.29 is 31.1 Å². The van der Waals surface area contributed by atoms with Gasteiger partial charge in [-0.05, 0) is 55.7 Å². The molecule has 0 N–H and O–H groups in total. The van der Waals surface area contributed by atoms with Gasteiger partial charge in [-0.15, -0.1) is 0 Å². The van der Waals surface area contributed by atoms with Gasteiger partial charge in [-0.2, -0.15) is 26.3 Å². The number of anilines is 1. The minimum Gasteiger partial charge on any atom is -0.337 e. The van der Waals surface area contributed by atoms with Crippen molar-refractivity contribution in [1.82, 2.24) is 14.5 Å². The van der Waals surface area contributed by atoms with E-state index in [1.165, 1.54) is 0 Å². The number of halogens is 6. The summed E-state index contributed by atoms with van der Waals surface area (Å²) in [4.78, 5) is 23.1.